The molecular formula is C16H22N2O3. The Morgan fingerprint density at radius 2 is 2.10 bits per heavy atom. The standard InChI is InChI=1S/C16H22N2O3/c1-11-6-7-12(2)18(10-11)16(21)17-14-5-3-4-13(8-14)9-15(19)20/h3-5,8,11-12H,6-7,9-10H2,1-2H3,(H,17,21)(H,19,20). The van der Waals surface area contributed by atoms with Crippen molar-refractivity contribution in [3.8, 4) is 0 Å². The molecule has 2 unspecified atom stereocenters. The van der Waals surface area contributed by atoms with Gasteiger partial charge in [0.2, 0.25) is 0 Å². The van der Waals surface area contributed by atoms with Crippen molar-refractivity contribution in [3.63, 3.8) is 0 Å². The van der Waals surface area contributed by atoms with E-state index in [2.05, 4.69) is 19.2 Å². The van der Waals surface area contributed by atoms with E-state index in [4.69, 9.17) is 5.11 Å². The van der Waals surface area contributed by atoms with Crippen LogP contribution in [0, 0.1) is 5.92 Å². The van der Waals surface area contributed by atoms with Crippen LogP contribution >= 0.6 is 0 Å². The maximum atomic E-state index is 12.4. The number of hydrogen-bond acceptors (Lipinski definition) is 2. The Balaban J connectivity index is 2.03. The van der Waals surface area contributed by atoms with Crippen LogP contribution in [0.4, 0.5) is 10.5 Å². The maximum absolute atomic E-state index is 12.4. The van der Waals surface area contributed by atoms with Crippen LogP contribution in [0.15, 0.2) is 24.3 Å². The van der Waals surface area contributed by atoms with Gasteiger partial charge in [0, 0.05) is 18.3 Å². The molecular weight excluding hydrogens is 268 g/mol. The Kier molecular flexibility index (Phi) is 4.83. The van der Waals surface area contributed by atoms with Crippen LogP contribution in [0.1, 0.15) is 32.3 Å². The lowest BCUT2D eigenvalue weighted by molar-refractivity contribution is -0.136. The van der Waals surface area contributed by atoms with Gasteiger partial charge in [0.05, 0.1) is 6.42 Å². The first-order valence-corrected chi connectivity index (χ1v) is 7.34. The van der Waals surface area contributed by atoms with Crippen LogP contribution in [0.5, 0.6) is 0 Å². The molecule has 0 radical (unpaired) electrons. The number of piperidine rings is 1. The second-order valence-corrected chi connectivity index (χ2v) is 5.88. The minimum atomic E-state index is -0.878. The van der Waals surface area contributed by atoms with Crippen molar-refractivity contribution < 1.29 is 14.7 Å². The average Bonchev–Trinajstić information content (AvgIpc) is 2.41. The van der Waals surface area contributed by atoms with Crippen LogP contribution in [0.3, 0.4) is 0 Å². The topological polar surface area (TPSA) is 69.6 Å². The third kappa shape index (κ3) is 4.21. The number of nitrogens with one attached hydrogen (secondary N) is 1. The van der Waals surface area contributed by atoms with Gasteiger partial charge in [-0.15, -0.1) is 0 Å². The molecule has 1 fully saturated rings. The van der Waals surface area contributed by atoms with Gasteiger partial charge in [0.25, 0.3) is 0 Å². The number of carbonyl (C=O) groups excluding carboxylic acids is 1. The second-order valence-electron chi connectivity index (χ2n) is 5.88. The molecule has 1 aromatic rings. The van der Waals surface area contributed by atoms with Crippen LogP contribution < -0.4 is 5.32 Å². The fourth-order valence-electron chi connectivity index (χ4n) is 2.70. The molecule has 2 atom stereocenters. The summed E-state index contributed by atoms with van der Waals surface area (Å²) in [6.45, 7) is 4.98. The van der Waals surface area contributed by atoms with Crippen LogP contribution in [0.2, 0.25) is 0 Å². The molecule has 5 nitrogen and oxygen atoms in total. The molecule has 1 heterocycles. The molecule has 1 aliphatic heterocycles. The number of carboxylic acids is 1. The Bertz CT molecular complexity index is 530. The molecule has 114 valence electrons. The van der Waals surface area contributed by atoms with Gasteiger partial charge in [-0.25, -0.2) is 4.79 Å². The minimum absolute atomic E-state index is 0.0408. The second kappa shape index (κ2) is 6.61. The predicted molar refractivity (Wildman–Crippen MR) is 81.4 cm³/mol. The van der Waals surface area contributed by atoms with E-state index < -0.39 is 5.97 Å². The summed E-state index contributed by atoms with van der Waals surface area (Å²) in [7, 11) is 0. The van der Waals surface area contributed by atoms with Gasteiger partial charge >= 0.3 is 12.0 Å². The smallest absolute Gasteiger partial charge is 0.322 e. The molecule has 2 rings (SSSR count). The molecule has 1 aromatic carbocycles. The minimum Gasteiger partial charge on any atom is -0.481 e. The molecule has 1 saturated heterocycles. The van der Waals surface area contributed by atoms with E-state index in [9.17, 15) is 9.59 Å². The largest absolute Gasteiger partial charge is 0.481 e. The zero-order valence-electron chi connectivity index (χ0n) is 12.5. The summed E-state index contributed by atoms with van der Waals surface area (Å²) >= 11 is 0. The molecule has 0 saturated carbocycles. The lowest BCUT2D eigenvalue weighted by atomic mass is 9.95. The molecule has 2 amide bonds. The lowest BCUT2D eigenvalue weighted by Crippen LogP contribution is -2.46. The summed E-state index contributed by atoms with van der Waals surface area (Å²) in [5, 5.41) is 11.7. The van der Waals surface area contributed by atoms with Crippen LogP contribution in [-0.2, 0) is 11.2 Å². The number of anilines is 1. The summed E-state index contributed by atoms with van der Waals surface area (Å²) in [5.41, 5.74) is 1.32. The number of aliphatic carboxylic acids is 1. The number of carbonyl (C=O) groups is 2. The third-order valence-electron chi connectivity index (χ3n) is 3.91. The Morgan fingerprint density at radius 1 is 1.33 bits per heavy atom. The fraction of sp³-hybridized carbons (Fsp3) is 0.500. The average molecular weight is 290 g/mol. The van der Waals surface area contributed by atoms with Crippen molar-refractivity contribution in [2.75, 3.05) is 11.9 Å². The van der Waals surface area contributed by atoms with E-state index in [1.54, 1.807) is 24.3 Å². The van der Waals surface area contributed by atoms with Gasteiger partial charge in [0.15, 0.2) is 0 Å². The highest BCUT2D eigenvalue weighted by Crippen LogP contribution is 2.22. The summed E-state index contributed by atoms with van der Waals surface area (Å²) < 4.78 is 0. The third-order valence-corrected chi connectivity index (χ3v) is 3.91. The summed E-state index contributed by atoms with van der Waals surface area (Å²) in [5.74, 6) is -0.359. The van der Waals surface area contributed by atoms with Gasteiger partial charge in [-0.3, -0.25) is 4.79 Å². The van der Waals surface area contributed by atoms with E-state index in [1.807, 2.05) is 4.90 Å². The molecule has 0 spiro atoms. The van der Waals surface area contributed by atoms with E-state index in [1.165, 1.54) is 0 Å². The number of rotatable bonds is 3. The zero-order valence-corrected chi connectivity index (χ0v) is 12.5. The first kappa shape index (κ1) is 15.4. The maximum Gasteiger partial charge on any atom is 0.322 e. The molecule has 0 aromatic heterocycles. The van der Waals surface area contributed by atoms with Crippen LogP contribution in [0.25, 0.3) is 0 Å². The number of carboxylic acid groups (broad SMARTS) is 1. The SMILES string of the molecule is CC1CCC(C)N(C(=O)Nc2cccc(CC(=O)O)c2)C1. The summed E-state index contributed by atoms with van der Waals surface area (Å²) in [4.78, 5) is 24.9. The van der Waals surface area contributed by atoms with Crippen molar-refractivity contribution >= 4 is 17.7 Å². The first-order valence-electron chi connectivity index (χ1n) is 7.34. The zero-order chi connectivity index (χ0) is 15.4. The summed E-state index contributed by atoms with van der Waals surface area (Å²) in [6, 6.07) is 7.13. The molecule has 2 N–H and O–H groups in total. The van der Waals surface area contributed by atoms with Gasteiger partial charge in [-0.05, 0) is 43.4 Å². The highest BCUT2D eigenvalue weighted by Gasteiger charge is 2.26. The normalized spacial score (nSPS) is 21.9. The quantitative estimate of drug-likeness (QED) is 0.899. The van der Waals surface area contributed by atoms with Gasteiger partial charge < -0.3 is 15.3 Å². The van der Waals surface area contributed by atoms with Crippen molar-refractivity contribution in [1.82, 2.24) is 4.90 Å². The monoisotopic (exact) mass is 290 g/mol. The Labute approximate surface area is 125 Å². The number of hydrogen-bond donors (Lipinski definition) is 2. The molecule has 0 aliphatic carbocycles. The Hall–Kier alpha value is -2.04. The van der Waals surface area contributed by atoms with Crippen molar-refractivity contribution in [1.29, 1.82) is 0 Å². The number of benzene rings is 1. The van der Waals surface area contributed by atoms with Crippen LogP contribution in [-0.4, -0.2) is 34.6 Å². The van der Waals surface area contributed by atoms with Crippen molar-refractivity contribution in [3.05, 3.63) is 29.8 Å². The number of likely N-dealkylation sites (tertiary alicyclic amines) is 1. The molecule has 0 bridgehead atoms. The van der Waals surface area contributed by atoms with Crippen molar-refractivity contribution in [2.24, 2.45) is 5.92 Å². The van der Waals surface area contributed by atoms with E-state index in [0.717, 1.165) is 19.4 Å². The van der Waals surface area contributed by atoms with Crippen molar-refractivity contribution in [2.45, 2.75) is 39.2 Å². The number of urea groups is 1. The number of amides is 2. The van der Waals surface area contributed by atoms with E-state index in [0.29, 0.717) is 17.2 Å². The van der Waals surface area contributed by atoms with E-state index in [-0.39, 0.29) is 18.5 Å². The highest BCUT2D eigenvalue weighted by molar-refractivity contribution is 5.89. The fourth-order valence-corrected chi connectivity index (χ4v) is 2.70. The van der Waals surface area contributed by atoms with Gasteiger partial charge in [-0.2, -0.15) is 0 Å². The Morgan fingerprint density at radius 3 is 2.81 bits per heavy atom. The van der Waals surface area contributed by atoms with E-state index >= 15 is 0 Å². The first-order chi connectivity index (χ1) is 9.95. The highest BCUT2D eigenvalue weighted by atomic mass is 16.4. The van der Waals surface area contributed by atoms with Gasteiger partial charge in [-0.1, -0.05) is 19.1 Å². The lowest BCUT2D eigenvalue weighted by Gasteiger charge is -2.36. The molecule has 21 heavy (non-hydrogen) atoms. The summed E-state index contributed by atoms with van der Waals surface area (Å²) in [6.07, 6.45) is 2.13. The molecule has 1 aliphatic rings. The number of nitrogens with zero attached hydrogens (tertiary/aromatic N) is 1. The van der Waals surface area contributed by atoms with Gasteiger partial charge in [0.1, 0.15) is 0 Å². The predicted octanol–water partition coefficient (Wildman–Crippen LogP) is 2.97. The molecule has 5 heteroatoms.